The van der Waals surface area contributed by atoms with Gasteiger partial charge in [0.25, 0.3) is 17.7 Å². The fraction of sp³-hybridized carbons (Fsp3) is 0.0682. The molecule has 16 nitrogen and oxygen atoms in total. The fourth-order valence-electron chi connectivity index (χ4n) is 5.27. The van der Waals surface area contributed by atoms with Crippen LogP contribution in [-0.4, -0.2) is 74.0 Å². The molecule has 9 N–H and O–H groups in total. The summed E-state index contributed by atoms with van der Waals surface area (Å²) in [5.74, 6) is -7.41. The molecule has 0 fully saturated rings. The van der Waals surface area contributed by atoms with Gasteiger partial charge in [-0.15, -0.1) is 0 Å². The lowest BCUT2D eigenvalue weighted by Gasteiger charge is -2.11. The molecule has 0 aliphatic rings. The Balaban J connectivity index is 0.000000220. The summed E-state index contributed by atoms with van der Waals surface area (Å²) in [6.07, 6.45) is 0. The van der Waals surface area contributed by atoms with Gasteiger partial charge in [-0.1, -0.05) is 69.6 Å². The van der Waals surface area contributed by atoms with Gasteiger partial charge in [0.15, 0.2) is 34.5 Å². The van der Waals surface area contributed by atoms with Crippen LogP contribution in [0.5, 0.6) is 34.5 Å². The van der Waals surface area contributed by atoms with Gasteiger partial charge in [-0.2, -0.15) is 0 Å². The average molecular weight is 1040 g/mol. The number of phenols is 6. The van der Waals surface area contributed by atoms with Crippen molar-refractivity contribution in [1.82, 2.24) is 0 Å². The van der Waals surface area contributed by atoms with E-state index in [9.17, 15) is 59.0 Å². The molecule has 0 heterocycles. The first-order chi connectivity index (χ1) is 31.6. The van der Waals surface area contributed by atoms with Gasteiger partial charge in [-0.25, -0.2) is 14.0 Å². The number of ether oxygens (including phenoxy) is 2. The third-order valence-corrected chi connectivity index (χ3v) is 10.3. The minimum Gasteiger partial charge on any atom is -0.505 e. The molecule has 6 aromatic rings. The van der Waals surface area contributed by atoms with Crippen LogP contribution in [0, 0.1) is 5.82 Å². The predicted molar refractivity (Wildman–Crippen MR) is 250 cm³/mol. The fourth-order valence-corrected chi connectivity index (χ4v) is 6.66. The summed E-state index contributed by atoms with van der Waals surface area (Å²) in [6.45, 7) is 1.95. The summed E-state index contributed by atoms with van der Waals surface area (Å²) >= 11 is 34.3. The van der Waals surface area contributed by atoms with E-state index in [2.05, 4.69) is 20.7 Å². The normalized spacial score (nSPS) is 10.3. The molecule has 0 saturated carbocycles. The summed E-state index contributed by atoms with van der Waals surface area (Å²) in [4.78, 5) is 59.3. The maximum atomic E-state index is 12.8. The number of halogens is 7. The van der Waals surface area contributed by atoms with E-state index in [1.807, 2.05) is 0 Å². The van der Waals surface area contributed by atoms with Crippen LogP contribution in [0.15, 0.2) is 91.0 Å². The largest absolute Gasteiger partial charge is 0.505 e. The highest BCUT2D eigenvalue weighted by Gasteiger charge is 2.25. The molecule has 6 rings (SSSR count). The van der Waals surface area contributed by atoms with Crippen LogP contribution in [0.3, 0.4) is 0 Å². The molecule has 3 amide bonds. The van der Waals surface area contributed by atoms with Gasteiger partial charge >= 0.3 is 11.9 Å². The van der Waals surface area contributed by atoms with Crippen molar-refractivity contribution >= 4 is 116 Å². The molecule has 67 heavy (non-hydrogen) atoms. The van der Waals surface area contributed by atoms with Crippen LogP contribution < -0.4 is 16.0 Å². The van der Waals surface area contributed by atoms with E-state index in [0.29, 0.717) is 22.5 Å². The van der Waals surface area contributed by atoms with Crippen LogP contribution in [0.4, 0.5) is 21.5 Å². The van der Waals surface area contributed by atoms with Crippen molar-refractivity contribution in [2.45, 2.75) is 6.92 Å². The van der Waals surface area contributed by atoms with Gasteiger partial charge < -0.3 is 56.1 Å². The molecule has 0 spiro atoms. The second kappa shape index (κ2) is 23.5. The summed E-state index contributed by atoms with van der Waals surface area (Å²) in [5, 5.41) is 65.1. The lowest BCUT2D eigenvalue weighted by atomic mass is 10.1. The third-order valence-electron chi connectivity index (χ3n) is 8.54. The smallest absolute Gasteiger partial charge is 0.338 e. The van der Waals surface area contributed by atoms with E-state index in [1.165, 1.54) is 67.8 Å². The highest BCUT2D eigenvalue weighted by atomic mass is 35.5. The minimum atomic E-state index is -0.823. The summed E-state index contributed by atoms with van der Waals surface area (Å²) in [7, 11) is 1.26. The second-order valence-electron chi connectivity index (χ2n) is 13.0. The monoisotopic (exact) mass is 1040 g/mol. The number of rotatable bonds is 9. The van der Waals surface area contributed by atoms with Crippen molar-refractivity contribution in [3.05, 3.63) is 155 Å². The van der Waals surface area contributed by atoms with E-state index in [-0.39, 0.29) is 42.4 Å². The number of nitrogens with one attached hydrogen (secondary N) is 3. The SMILES string of the molecule is CCOC(=O)c1ccc(NC(=O)c2c(O)c(Cl)cc(Cl)c2O)cc1.COC(=O)c1ccc(NC(=O)c2c(O)c(Cl)cc(Cl)c2O)cc1.O=C(Nc1ccc(F)cc1)c1c(O)c(Cl)cc(Cl)c1O. The van der Waals surface area contributed by atoms with Gasteiger partial charge in [0.2, 0.25) is 0 Å². The number of phenolic OH excluding ortho intramolecular Hbond substituents is 6. The molecule has 0 aromatic heterocycles. The van der Waals surface area contributed by atoms with Gasteiger partial charge in [0, 0.05) is 17.1 Å². The molecule has 6 aromatic carbocycles. The Hall–Kier alpha value is -6.86. The van der Waals surface area contributed by atoms with E-state index < -0.39 is 86.7 Å². The number of carbonyl (C=O) groups is 5. The maximum absolute atomic E-state index is 12.8. The Morgan fingerprint density at radius 1 is 0.463 bits per heavy atom. The van der Waals surface area contributed by atoms with Crippen LogP contribution in [0.2, 0.25) is 30.1 Å². The number of methoxy groups -OCH3 is 1. The van der Waals surface area contributed by atoms with E-state index in [1.54, 1.807) is 6.92 Å². The average Bonchev–Trinajstić information content (AvgIpc) is 3.29. The Morgan fingerprint density at radius 3 is 0.970 bits per heavy atom. The minimum absolute atomic E-state index is 0.166. The lowest BCUT2D eigenvalue weighted by molar-refractivity contribution is 0.0525. The van der Waals surface area contributed by atoms with Crippen LogP contribution in [0.1, 0.15) is 58.7 Å². The zero-order chi connectivity index (χ0) is 49.9. The standard InChI is InChI=1S/C16H13Cl2NO5.C15H11Cl2NO5.C13H8Cl2FNO3/c1-2-24-16(23)8-3-5-9(6-4-8)19-15(22)12-13(20)10(17)7-11(18)14(12)21;1-23-15(22)7-2-4-8(5-3-7)18-14(21)11-12(19)9(16)6-10(17)13(11)20;14-8-5-9(15)12(19)10(11(8)18)13(20)17-7-3-1-6(16)2-4-7/h3-7,20-21H,2H2,1H3,(H,19,22);2-6,19-20H,1H3,(H,18,21);1-5,18-19H,(H,17,20). The molecule has 0 unspecified atom stereocenters. The first kappa shape index (κ1) is 52.8. The van der Waals surface area contributed by atoms with Gasteiger partial charge in [-0.3, -0.25) is 14.4 Å². The third kappa shape index (κ3) is 13.4. The number of benzene rings is 6. The van der Waals surface area contributed by atoms with Gasteiger partial charge in [0.1, 0.15) is 22.5 Å². The van der Waals surface area contributed by atoms with Crippen molar-refractivity contribution in [1.29, 1.82) is 0 Å². The lowest BCUT2D eigenvalue weighted by Crippen LogP contribution is -2.13. The van der Waals surface area contributed by atoms with E-state index >= 15 is 0 Å². The van der Waals surface area contributed by atoms with Crippen LogP contribution >= 0.6 is 69.6 Å². The van der Waals surface area contributed by atoms with Gasteiger partial charge in [-0.05, 0) is 97.9 Å². The number of aromatic hydroxyl groups is 6. The molecule has 0 aliphatic carbocycles. The van der Waals surface area contributed by atoms with Crippen LogP contribution in [0.25, 0.3) is 0 Å². The Labute approximate surface area is 408 Å². The van der Waals surface area contributed by atoms with Crippen molar-refractivity contribution in [2.75, 3.05) is 29.7 Å². The molecule has 350 valence electrons. The Morgan fingerprint density at radius 2 is 0.716 bits per heavy atom. The summed E-state index contributed by atoms with van der Waals surface area (Å²) < 4.78 is 22.2. The summed E-state index contributed by atoms with van der Waals surface area (Å²) in [6, 6.07) is 20.0. The predicted octanol–water partition coefficient (Wildman–Crippen LogP) is 11.1. The van der Waals surface area contributed by atoms with Crippen molar-refractivity contribution < 1.29 is 68.5 Å². The molecular formula is C44H32Cl6FN3O13. The summed E-state index contributed by atoms with van der Waals surface area (Å²) in [5.41, 5.74) is 0.244. The van der Waals surface area contributed by atoms with Crippen molar-refractivity contribution in [2.24, 2.45) is 0 Å². The van der Waals surface area contributed by atoms with Crippen molar-refractivity contribution in [3.8, 4) is 34.5 Å². The quantitative estimate of drug-likeness (QED) is 0.0611. The molecule has 0 atom stereocenters. The van der Waals surface area contributed by atoms with Crippen LogP contribution in [-0.2, 0) is 9.47 Å². The zero-order valence-electron chi connectivity index (χ0n) is 34.1. The van der Waals surface area contributed by atoms with E-state index in [0.717, 1.165) is 30.3 Å². The van der Waals surface area contributed by atoms with E-state index in [4.69, 9.17) is 74.3 Å². The number of carbonyl (C=O) groups excluding carboxylic acids is 5. The zero-order valence-corrected chi connectivity index (χ0v) is 38.6. The van der Waals surface area contributed by atoms with Crippen molar-refractivity contribution in [3.63, 3.8) is 0 Å². The molecule has 0 radical (unpaired) electrons. The maximum Gasteiger partial charge on any atom is 0.338 e. The molecule has 0 bridgehead atoms. The van der Waals surface area contributed by atoms with Gasteiger partial charge in [0.05, 0.1) is 55.0 Å². The number of anilines is 3. The Kier molecular flexibility index (Phi) is 18.5. The first-order valence-electron chi connectivity index (χ1n) is 18.4. The second-order valence-corrected chi connectivity index (χ2v) is 15.4. The highest BCUT2D eigenvalue weighted by molar-refractivity contribution is 6.39. The highest BCUT2D eigenvalue weighted by Crippen LogP contribution is 2.42. The number of hydrogen-bond acceptors (Lipinski definition) is 13. The topological polar surface area (TPSA) is 261 Å². The number of amides is 3. The molecular weight excluding hydrogens is 1010 g/mol. The number of hydrogen-bond donors (Lipinski definition) is 9. The Bertz CT molecular complexity index is 2770. The first-order valence-corrected chi connectivity index (χ1v) is 20.7. The number of esters is 2. The molecule has 23 heteroatoms. The molecule has 0 aliphatic heterocycles. The molecule has 0 saturated heterocycles.